The molecule has 0 bridgehead atoms. The van der Waals surface area contributed by atoms with E-state index in [9.17, 15) is 4.79 Å². The molecule has 0 saturated heterocycles. The van der Waals surface area contributed by atoms with Crippen molar-refractivity contribution in [3.05, 3.63) is 29.3 Å². The van der Waals surface area contributed by atoms with Crippen LogP contribution in [0, 0.1) is 6.92 Å². The summed E-state index contributed by atoms with van der Waals surface area (Å²) in [5.41, 5.74) is 2.86. The van der Waals surface area contributed by atoms with Gasteiger partial charge < -0.3 is 10.6 Å². The summed E-state index contributed by atoms with van der Waals surface area (Å²) in [5.74, 6) is -0.00439. The van der Waals surface area contributed by atoms with Gasteiger partial charge in [0.2, 0.25) is 5.91 Å². The molecule has 1 aromatic rings. The van der Waals surface area contributed by atoms with E-state index in [1.54, 1.807) is 0 Å². The molecule has 0 aliphatic rings. The molecule has 0 spiro atoms. The van der Waals surface area contributed by atoms with Gasteiger partial charge in [0, 0.05) is 5.69 Å². The smallest absolute Gasteiger partial charge is 0.244 e. The van der Waals surface area contributed by atoms with E-state index >= 15 is 0 Å². The highest BCUT2D eigenvalue weighted by atomic mass is 16.2. The predicted molar refractivity (Wildman–Crippen MR) is 76.9 cm³/mol. The first-order chi connectivity index (χ1) is 8.40. The summed E-state index contributed by atoms with van der Waals surface area (Å²) >= 11 is 0. The number of carbonyl (C=O) groups is 1. The monoisotopic (exact) mass is 248 g/mol. The van der Waals surface area contributed by atoms with Gasteiger partial charge in [0.05, 0.1) is 5.54 Å². The Labute approximate surface area is 110 Å². The minimum Gasteiger partial charge on any atom is -0.324 e. The minimum absolute atomic E-state index is 0.00439. The average molecular weight is 248 g/mol. The second-order valence-electron chi connectivity index (χ2n) is 5.10. The van der Waals surface area contributed by atoms with Crippen LogP contribution in [0.1, 0.15) is 38.8 Å². The van der Waals surface area contributed by atoms with Gasteiger partial charge in [-0.2, -0.15) is 0 Å². The third-order valence-corrected chi connectivity index (χ3v) is 3.17. The molecule has 0 atom stereocenters. The van der Waals surface area contributed by atoms with Gasteiger partial charge in [-0.15, -0.1) is 0 Å². The number of benzene rings is 1. The van der Waals surface area contributed by atoms with Crippen LogP contribution in [0.25, 0.3) is 0 Å². The second-order valence-corrected chi connectivity index (χ2v) is 5.10. The first-order valence-electron chi connectivity index (χ1n) is 6.56. The number of rotatable bonds is 5. The summed E-state index contributed by atoms with van der Waals surface area (Å²) in [6.45, 7) is 10.8. The van der Waals surface area contributed by atoms with Crippen LogP contribution in [0.15, 0.2) is 18.2 Å². The number of hydrogen-bond acceptors (Lipinski definition) is 2. The summed E-state index contributed by atoms with van der Waals surface area (Å²) < 4.78 is 0. The number of hydrogen-bond donors (Lipinski definition) is 2. The second kappa shape index (κ2) is 6.01. The topological polar surface area (TPSA) is 41.1 Å². The van der Waals surface area contributed by atoms with E-state index in [0.717, 1.165) is 18.7 Å². The van der Waals surface area contributed by atoms with Crippen LogP contribution in [0.3, 0.4) is 0 Å². The first kappa shape index (κ1) is 14.7. The highest BCUT2D eigenvalue weighted by Gasteiger charge is 2.26. The zero-order valence-electron chi connectivity index (χ0n) is 12.1. The SMILES string of the molecule is CCNC(C)(C)C(=O)Nc1ccc(C)c(CC)c1. The van der Waals surface area contributed by atoms with Gasteiger partial charge >= 0.3 is 0 Å². The van der Waals surface area contributed by atoms with Gasteiger partial charge in [-0.25, -0.2) is 0 Å². The minimum atomic E-state index is -0.550. The van der Waals surface area contributed by atoms with Gasteiger partial charge in [-0.05, 0) is 57.0 Å². The van der Waals surface area contributed by atoms with Gasteiger partial charge in [0.1, 0.15) is 0 Å². The van der Waals surface area contributed by atoms with Crippen LogP contribution in [0.4, 0.5) is 5.69 Å². The van der Waals surface area contributed by atoms with Crippen molar-refractivity contribution < 1.29 is 4.79 Å². The molecule has 3 nitrogen and oxygen atoms in total. The first-order valence-corrected chi connectivity index (χ1v) is 6.56. The summed E-state index contributed by atoms with van der Waals surface area (Å²) in [6, 6.07) is 6.05. The van der Waals surface area contributed by atoms with Crippen LogP contribution in [-0.2, 0) is 11.2 Å². The maximum absolute atomic E-state index is 12.1. The molecule has 18 heavy (non-hydrogen) atoms. The normalized spacial score (nSPS) is 11.4. The molecular weight excluding hydrogens is 224 g/mol. The van der Waals surface area contributed by atoms with E-state index in [1.807, 2.05) is 26.8 Å². The Morgan fingerprint density at radius 3 is 2.50 bits per heavy atom. The van der Waals surface area contributed by atoms with Crippen molar-refractivity contribution in [3.63, 3.8) is 0 Å². The Hall–Kier alpha value is -1.35. The highest BCUT2D eigenvalue weighted by molar-refractivity contribution is 5.97. The summed E-state index contributed by atoms with van der Waals surface area (Å²) in [6.07, 6.45) is 0.978. The Morgan fingerprint density at radius 2 is 1.94 bits per heavy atom. The number of likely N-dealkylation sites (N-methyl/N-ethyl adjacent to an activating group) is 1. The zero-order chi connectivity index (χ0) is 13.8. The van der Waals surface area contributed by atoms with Gasteiger partial charge in [-0.3, -0.25) is 4.79 Å². The number of amides is 1. The van der Waals surface area contributed by atoms with Crippen molar-refractivity contribution >= 4 is 11.6 Å². The van der Waals surface area contributed by atoms with Crippen molar-refractivity contribution in [2.24, 2.45) is 0 Å². The summed E-state index contributed by atoms with van der Waals surface area (Å²) in [7, 11) is 0. The molecule has 1 rings (SSSR count). The van der Waals surface area contributed by atoms with Crippen LogP contribution in [0.2, 0.25) is 0 Å². The fourth-order valence-corrected chi connectivity index (χ4v) is 1.94. The molecule has 3 heteroatoms. The lowest BCUT2D eigenvalue weighted by atomic mass is 10.0. The molecule has 1 aromatic carbocycles. The summed E-state index contributed by atoms with van der Waals surface area (Å²) in [5, 5.41) is 6.14. The molecule has 0 unspecified atom stereocenters. The lowest BCUT2D eigenvalue weighted by Crippen LogP contribution is -2.49. The van der Waals surface area contributed by atoms with E-state index in [4.69, 9.17) is 0 Å². The largest absolute Gasteiger partial charge is 0.324 e. The lowest BCUT2D eigenvalue weighted by molar-refractivity contribution is -0.121. The molecule has 0 heterocycles. The quantitative estimate of drug-likeness (QED) is 0.841. The summed E-state index contributed by atoms with van der Waals surface area (Å²) in [4.78, 5) is 12.1. The molecule has 100 valence electrons. The molecular formula is C15H24N2O. The molecule has 2 N–H and O–H groups in total. The van der Waals surface area contributed by atoms with Gasteiger partial charge in [0.15, 0.2) is 0 Å². The van der Waals surface area contributed by atoms with Crippen LogP contribution >= 0.6 is 0 Å². The standard InChI is InChI=1S/C15H24N2O/c1-6-12-10-13(9-8-11(12)3)17-14(18)15(4,5)16-7-2/h8-10,16H,6-7H2,1-5H3,(H,17,18). The molecule has 0 fully saturated rings. The highest BCUT2D eigenvalue weighted by Crippen LogP contribution is 2.17. The van der Waals surface area contributed by atoms with Crippen molar-refractivity contribution in [1.29, 1.82) is 0 Å². The molecule has 0 aliphatic carbocycles. The number of aryl methyl sites for hydroxylation is 2. The van der Waals surface area contributed by atoms with E-state index in [-0.39, 0.29) is 5.91 Å². The van der Waals surface area contributed by atoms with Crippen molar-refractivity contribution in [3.8, 4) is 0 Å². The predicted octanol–water partition coefficient (Wildman–Crippen LogP) is 2.88. The van der Waals surface area contributed by atoms with Crippen LogP contribution < -0.4 is 10.6 Å². The number of carbonyl (C=O) groups excluding carboxylic acids is 1. The fourth-order valence-electron chi connectivity index (χ4n) is 1.94. The maximum atomic E-state index is 12.1. The Bertz CT molecular complexity index is 425. The van der Waals surface area contributed by atoms with Crippen LogP contribution in [0.5, 0.6) is 0 Å². The van der Waals surface area contributed by atoms with Gasteiger partial charge in [-0.1, -0.05) is 19.9 Å². The van der Waals surface area contributed by atoms with Crippen molar-refractivity contribution in [2.45, 2.75) is 46.6 Å². The Morgan fingerprint density at radius 1 is 1.28 bits per heavy atom. The third-order valence-electron chi connectivity index (χ3n) is 3.17. The van der Waals surface area contributed by atoms with Crippen molar-refractivity contribution in [2.75, 3.05) is 11.9 Å². The van der Waals surface area contributed by atoms with E-state index in [2.05, 4.69) is 36.6 Å². The van der Waals surface area contributed by atoms with E-state index < -0.39 is 5.54 Å². The Balaban J connectivity index is 2.82. The number of nitrogens with one attached hydrogen (secondary N) is 2. The molecule has 0 aromatic heterocycles. The van der Waals surface area contributed by atoms with Gasteiger partial charge in [0.25, 0.3) is 0 Å². The third kappa shape index (κ3) is 3.57. The van der Waals surface area contributed by atoms with E-state index in [0.29, 0.717) is 0 Å². The maximum Gasteiger partial charge on any atom is 0.244 e. The van der Waals surface area contributed by atoms with E-state index in [1.165, 1.54) is 11.1 Å². The van der Waals surface area contributed by atoms with Crippen molar-refractivity contribution in [1.82, 2.24) is 5.32 Å². The Kier molecular flexibility index (Phi) is 4.91. The fraction of sp³-hybridized carbons (Fsp3) is 0.533. The molecule has 1 amide bonds. The number of anilines is 1. The molecule has 0 aliphatic heterocycles. The average Bonchev–Trinajstić information content (AvgIpc) is 2.31. The molecule has 0 saturated carbocycles. The molecule has 0 radical (unpaired) electrons. The lowest BCUT2D eigenvalue weighted by Gasteiger charge is -2.24. The zero-order valence-corrected chi connectivity index (χ0v) is 12.1. The van der Waals surface area contributed by atoms with Crippen LogP contribution in [-0.4, -0.2) is 18.0 Å².